The van der Waals surface area contributed by atoms with E-state index < -0.39 is 29.6 Å². The van der Waals surface area contributed by atoms with E-state index in [0.717, 1.165) is 6.07 Å². The molecule has 110 valence electrons. The SMILES string of the molecule is Cl.O=C1N[C@@H](c2ccc(Br)c([N+](=O)[O-])c2)C(F)(F)CO1. The van der Waals surface area contributed by atoms with Crippen LogP contribution < -0.4 is 5.32 Å². The van der Waals surface area contributed by atoms with Gasteiger partial charge >= 0.3 is 12.0 Å². The third-order valence-corrected chi connectivity index (χ3v) is 3.25. The number of ether oxygens (including phenoxy) is 1. The Balaban J connectivity index is 0.00000200. The molecule has 6 nitrogen and oxygen atoms in total. The van der Waals surface area contributed by atoms with Crippen LogP contribution in [0.15, 0.2) is 22.7 Å². The highest BCUT2D eigenvalue weighted by molar-refractivity contribution is 9.10. The van der Waals surface area contributed by atoms with Gasteiger partial charge in [0.1, 0.15) is 6.04 Å². The first-order valence-corrected chi connectivity index (χ1v) is 5.85. The van der Waals surface area contributed by atoms with E-state index in [9.17, 15) is 23.7 Å². The van der Waals surface area contributed by atoms with Crippen LogP contribution in [0.3, 0.4) is 0 Å². The van der Waals surface area contributed by atoms with Crippen molar-refractivity contribution in [2.75, 3.05) is 6.61 Å². The minimum Gasteiger partial charge on any atom is -0.443 e. The van der Waals surface area contributed by atoms with Crippen molar-refractivity contribution in [2.24, 2.45) is 0 Å². The molecule has 1 heterocycles. The average Bonchev–Trinajstić information content (AvgIpc) is 2.33. The van der Waals surface area contributed by atoms with Crippen LogP contribution >= 0.6 is 28.3 Å². The number of nitro groups is 1. The van der Waals surface area contributed by atoms with Crippen molar-refractivity contribution in [3.63, 3.8) is 0 Å². The molecule has 1 aliphatic heterocycles. The zero-order valence-corrected chi connectivity index (χ0v) is 12.0. The molecular weight excluding hydrogens is 365 g/mol. The number of cyclic esters (lactones) is 1. The van der Waals surface area contributed by atoms with Gasteiger partial charge in [-0.2, -0.15) is 0 Å². The van der Waals surface area contributed by atoms with Crippen LogP contribution in [-0.2, 0) is 4.74 Å². The minimum atomic E-state index is -3.34. The molecule has 0 unspecified atom stereocenters. The molecule has 10 heteroatoms. The highest BCUT2D eigenvalue weighted by Crippen LogP contribution is 2.37. The van der Waals surface area contributed by atoms with Crippen molar-refractivity contribution >= 4 is 40.1 Å². The zero-order chi connectivity index (χ0) is 14.2. The van der Waals surface area contributed by atoms with E-state index in [1.54, 1.807) is 0 Å². The van der Waals surface area contributed by atoms with Gasteiger partial charge in [-0.25, -0.2) is 13.6 Å². The fraction of sp³-hybridized carbons (Fsp3) is 0.300. The van der Waals surface area contributed by atoms with E-state index in [2.05, 4.69) is 20.7 Å². The Morgan fingerprint density at radius 2 is 2.15 bits per heavy atom. The summed E-state index contributed by atoms with van der Waals surface area (Å²) in [6, 6.07) is 1.90. The topological polar surface area (TPSA) is 81.5 Å². The summed E-state index contributed by atoms with van der Waals surface area (Å²) in [7, 11) is 0. The summed E-state index contributed by atoms with van der Waals surface area (Å²) in [5.41, 5.74) is -0.411. The molecule has 0 bridgehead atoms. The van der Waals surface area contributed by atoms with Gasteiger partial charge in [0.25, 0.3) is 5.69 Å². The number of amides is 1. The highest BCUT2D eigenvalue weighted by atomic mass is 79.9. The fourth-order valence-corrected chi connectivity index (χ4v) is 2.08. The van der Waals surface area contributed by atoms with E-state index >= 15 is 0 Å². The van der Waals surface area contributed by atoms with Crippen LogP contribution in [-0.4, -0.2) is 23.5 Å². The molecule has 1 aliphatic rings. The van der Waals surface area contributed by atoms with Crippen molar-refractivity contribution in [3.05, 3.63) is 38.3 Å². The van der Waals surface area contributed by atoms with Crippen molar-refractivity contribution in [3.8, 4) is 0 Å². The number of carbonyl (C=O) groups is 1. The fourth-order valence-electron chi connectivity index (χ4n) is 1.69. The monoisotopic (exact) mass is 372 g/mol. The van der Waals surface area contributed by atoms with Gasteiger partial charge in [0.15, 0.2) is 6.61 Å². The predicted octanol–water partition coefficient (Wildman–Crippen LogP) is 3.20. The van der Waals surface area contributed by atoms with Gasteiger partial charge in [0, 0.05) is 6.07 Å². The van der Waals surface area contributed by atoms with Crippen molar-refractivity contribution in [1.29, 1.82) is 0 Å². The van der Waals surface area contributed by atoms with Crippen LogP contribution in [0.4, 0.5) is 19.3 Å². The van der Waals surface area contributed by atoms with Gasteiger partial charge in [-0.05, 0) is 27.6 Å². The molecule has 1 N–H and O–H groups in total. The number of halogens is 4. The molecule has 1 atom stereocenters. The Morgan fingerprint density at radius 1 is 1.50 bits per heavy atom. The first-order valence-electron chi connectivity index (χ1n) is 5.06. The Kier molecular flexibility index (Phi) is 4.87. The highest BCUT2D eigenvalue weighted by Gasteiger charge is 2.47. The van der Waals surface area contributed by atoms with Gasteiger partial charge < -0.3 is 10.1 Å². The largest absolute Gasteiger partial charge is 0.443 e. The van der Waals surface area contributed by atoms with E-state index in [1.807, 2.05) is 5.32 Å². The Hall–Kier alpha value is -1.48. The molecule has 1 aromatic carbocycles. The average molecular weight is 374 g/mol. The summed E-state index contributed by atoms with van der Waals surface area (Å²) < 4.78 is 31.7. The van der Waals surface area contributed by atoms with Crippen LogP contribution in [0, 0.1) is 10.1 Å². The molecule has 1 fully saturated rings. The maximum Gasteiger partial charge on any atom is 0.408 e. The lowest BCUT2D eigenvalue weighted by atomic mass is 9.99. The van der Waals surface area contributed by atoms with Gasteiger partial charge in [-0.3, -0.25) is 10.1 Å². The zero-order valence-electron chi connectivity index (χ0n) is 9.64. The standard InChI is InChI=1S/C10H7BrF2N2O4.ClH/c11-6-2-1-5(3-7(6)15(17)18)8-10(12,13)4-19-9(16)14-8;/h1-3,8H,4H2,(H,14,16);1H/t8-;/m0./s1. The first kappa shape index (κ1) is 16.6. The summed E-state index contributed by atoms with van der Waals surface area (Å²) in [4.78, 5) is 21.1. The van der Waals surface area contributed by atoms with Gasteiger partial charge in [-0.1, -0.05) is 6.07 Å². The molecule has 0 aromatic heterocycles. The number of alkyl halides is 2. The van der Waals surface area contributed by atoms with Crippen molar-refractivity contribution in [2.45, 2.75) is 12.0 Å². The predicted molar refractivity (Wildman–Crippen MR) is 70.2 cm³/mol. The Morgan fingerprint density at radius 3 is 2.75 bits per heavy atom. The molecule has 2 rings (SSSR count). The maximum absolute atomic E-state index is 13.6. The molecule has 0 radical (unpaired) electrons. The summed E-state index contributed by atoms with van der Waals surface area (Å²) in [6.07, 6.45) is -0.985. The summed E-state index contributed by atoms with van der Waals surface area (Å²) in [6.45, 7) is -1.06. The third-order valence-electron chi connectivity index (χ3n) is 2.58. The number of nitrogens with one attached hydrogen (secondary N) is 1. The van der Waals surface area contributed by atoms with Crippen LogP contribution in [0.1, 0.15) is 11.6 Å². The number of hydrogen-bond acceptors (Lipinski definition) is 4. The molecule has 1 amide bonds. The Labute approximate surface area is 126 Å². The number of rotatable bonds is 2. The lowest BCUT2D eigenvalue weighted by Gasteiger charge is -2.31. The second-order valence-corrected chi connectivity index (χ2v) is 4.74. The van der Waals surface area contributed by atoms with E-state index in [1.165, 1.54) is 12.1 Å². The third kappa shape index (κ3) is 3.15. The van der Waals surface area contributed by atoms with Crippen LogP contribution in [0.25, 0.3) is 0 Å². The Bertz CT molecular complexity index is 558. The minimum absolute atomic E-state index is 0. The molecule has 1 saturated heterocycles. The summed E-state index contributed by atoms with van der Waals surface area (Å²) in [5.74, 6) is -3.34. The number of nitrogens with zero attached hydrogens (tertiary/aromatic N) is 1. The summed E-state index contributed by atoms with van der Waals surface area (Å²) >= 11 is 2.95. The second-order valence-electron chi connectivity index (χ2n) is 3.88. The number of nitro benzene ring substituents is 1. The van der Waals surface area contributed by atoms with Gasteiger partial charge in [0.05, 0.1) is 9.40 Å². The molecule has 20 heavy (non-hydrogen) atoms. The first-order chi connectivity index (χ1) is 8.81. The van der Waals surface area contributed by atoms with Crippen LogP contribution in [0.5, 0.6) is 0 Å². The molecule has 1 aromatic rings. The number of carbonyl (C=O) groups excluding carboxylic acids is 1. The molecule has 0 aliphatic carbocycles. The van der Waals surface area contributed by atoms with Crippen molar-refractivity contribution in [1.82, 2.24) is 5.32 Å². The number of benzene rings is 1. The van der Waals surface area contributed by atoms with Gasteiger partial charge in [-0.15, -0.1) is 12.4 Å². The lowest BCUT2D eigenvalue weighted by molar-refractivity contribution is -0.385. The molecule has 0 spiro atoms. The van der Waals surface area contributed by atoms with Gasteiger partial charge in [0.2, 0.25) is 0 Å². The van der Waals surface area contributed by atoms with Crippen LogP contribution in [0.2, 0.25) is 0 Å². The second kappa shape index (κ2) is 5.88. The number of alkyl carbamates (subject to hydrolysis) is 1. The smallest absolute Gasteiger partial charge is 0.408 e. The maximum atomic E-state index is 13.6. The molecular formula is C10H8BrClF2N2O4. The van der Waals surface area contributed by atoms with E-state index in [0.29, 0.717) is 0 Å². The van der Waals surface area contributed by atoms with E-state index in [-0.39, 0.29) is 28.1 Å². The quantitative estimate of drug-likeness (QED) is 0.637. The van der Waals surface area contributed by atoms with E-state index in [4.69, 9.17) is 0 Å². The lowest BCUT2D eigenvalue weighted by Crippen LogP contribution is -2.49. The summed E-state index contributed by atoms with van der Waals surface area (Å²) in [5, 5.41) is 12.7. The number of hydrogen-bond donors (Lipinski definition) is 1. The normalized spacial score (nSPS) is 20.4. The van der Waals surface area contributed by atoms with Crippen molar-refractivity contribution < 1.29 is 23.2 Å². The molecule has 0 saturated carbocycles.